The molecule has 0 spiro atoms. The van der Waals surface area contributed by atoms with Crippen LogP contribution < -0.4 is 5.32 Å². The Bertz CT molecular complexity index is 305. The largest absolute Gasteiger partial charge is 0.444 e. The van der Waals surface area contributed by atoms with Crippen molar-refractivity contribution in [1.29, 1.82) is 0 Å². The van der Waals surface area contributed by atoms with Crippen LogP contribution in [0.4, 0.5) is 4.79 Å². The van der Waals surface area contributed by atoms with E-state index >= 15 is 0 Å². The van der Waals surface area contributed by atoms with Crippen molar-refractivity contribution in [3.05, 3.63) is 0 Å². The Hall–Kier alpha value is -0.420. The number of likely N-dealkylation sites (tertiary alicyclic amines) is 1. The van der Waals surface area contributed by atoms with Gasteiger partial charge in [0.25, 0.3) is 0 Å². The summed E-state index contributed by atoms with van der Waals surface area (Å²) in [6, 6.07) is 0.451. The molecule has 0 saturated carbocycles. The van der Waals surface area contributed by atoms with Crippen molar-refractivity contribution in [1.82, 2.24) is 10.2 Å². The molecule has 0 aromatic rings. The zero-order chi connectivity index (χ0) is 15.2. The standard InChI is InChI=1S/C15H30N2O2S/c1-12(16-8-10-20-5)13-7-6-9-17(11-13)14(18)19-15(2,3)4/h12-13,16H,6-11H2,1-5H3. The third-order valence-corrected chi connectivity index (χ3v) is 4.20. The fourth-order valence-corrected chi connectivity index (χ4v) is 2.79. The molecule has 1 heterocycles. The fraction of sp³-hybridized carbons (Fsp3) is 0.933. The molecule has 2 unspecified atom stereocenters. The number of carbonyl (C=O) groups is 1. The molecule has 0 radical (unpaired) electrons. The molecular weight excluding hydrogens is 272 g/mol. The molecule has 20 heavy (non-hydrogen) atoms. The van der Waals surface area contributed by atoms with Crippen molar-refractivity contribution in [2.24, 2.45) is 5.92 Å². The van der Waals surface area contributed by atoms with E-state index in [0.717, 1.165) is 31.8 Å². The van der Waals surface area contributed by atoms with Gasteiger partial charge in [0.1, 0.15) is 5.60 Å². The normalized spacial score (nSPS) is 21.6. The number of amides is 1. The molecule has 1 aliphatic rings. The van der Waals surface area contributed by atoms with Gasteiger partial charge < -0.3 is 15.0 Å². The average Bonchev–Trinajstić information content (AvgIpc) is 2.37. The van der Waals surface area contributed by atoms with Crippen molar-refractivity contribution in [2.45, 2.75) is 52.2 Å². The van der Waals surface area contributed by atoms with Crippen LogP contribution in [0.1, 0.15) is 40.5 Å². The molecule has 1 aliphatic heterocycles. The second-order valence-electron chi connectivity index (χ2n) is 6.56. The lowest BCUT2D eigenvalue weighted by atomic mass is 9.92. The first-order valence-corrected chi connectivity index (χ1v) is 8.93. The van der Waals surface area contributed by atoms with Crippen LogP contribution >= 0.6 is 11.8 Å². The molecule has 1 rings (SSSR count). The van der Waals surface area contributed by atoms with E-state index in [4.69, 9.17) is 4.74 Å². The predicted molar refractivity (Wildman–Crippen MR) is 86.4 cm³/mol. The van der Waals surface area contributed by atoms with E-state index in [0.29, 0.717) is 12.0 Å². The summed E-state index contributed by atoms with van der Waals surface area (Å²) in [6.45, 7) is 10.6. The minimum Gasteiger partial charge on any atom is -0.444 e. The van der Waals surface area contributed by atoms with Gasteiger partial charge in [-0.2, -0.15) is 11.8 Å². The molecule has 1 N–H and O–H groups in total. The number of nitrogens with one attached hydrogen (secondary N) is 1. The van der Waals surface area contributed by atoms with Crippen molar-refractivity contribution in [2.75, 3.05) is 31.6 Å². The first-order valence-electron chi connectivity index (χ1n) is 7.53. The molecule has 4 nitrogen and oxygen atoms in total. The van der Waals surface area contributed by atoms with Crippen molar-refractivity contribution >= 4 is 17.9 Å². The number of nitrogens with zero attached hydrogens (tertiary/aromatic N) is 1. The maximum absolute atomic E-state index is 12.1. The molecule has 1 saturated heterocycles. The van der Waals surface area contributed by atoms with E-state index in [2.05, 4.69) is 18.5 Å². The quantitative estimate of drug-likeness (QED) is 0.793. The Kier molecular flexibility index (Phi) is 7.17. The molecule has 2 atom stereocenters. The first kappa shape index (κ1) is 17.6. The molecule has 118 valence electrons. The maximum atomic E-state index is 12.1. The van der Waals surface area contributed by atoms with Gasteiger partial charge in [0.15, 0.2) is 0 Å². The lowest BCUT2D eigenvalue weighted by molar-refractivity contribution is 0.0149. The molecule has 1 fully saturated rings. The van der Waals surface area contributed by atoms with E-state index in [1.165, 1.54) is 6.42 Å². The van der Waals surface area contributed by atoms with Crippen LogP contribution in [0.25, 0.3) is 0 Å². The van der Waals surface area contributed by atoms with E-state index in [1.807, 2.05) is 37.4 Å². The van der Waals surface area contributed by atoms with Crippen LogP contribution in [0.5, 0.6) is 0 Å². The highest BCUT2D eigenvalue weighted by Gasteiger charge is 2.29. The number of rotatable bonds is 5. The number of ether oxygens (including phenoxy) is 1. The van der Waals surface area contributed by atoms with Gasteiger partial charge in [-0.1, -0.05) is 0 Å². The zero-order valence-corrected chi connectivity index (χ0v) is 14.4. The Labute approximate surface area is 128 Å². The molecule has 1 amide bonds. The average molecular weight is 302 g/mol. The van der Waals surface area contributed by atoms with Crippen molar-refractivity contribution in [3.63, 3.8) is 0 Å². The summed E-state index contributed by atoms with van der Waals surface area (Å²) in [5.41, 5.74) is -0.410. The SMILES string of the molecule is CSCCNC(C)C1CCCN(C(=O)OC(C)(C)C)C1. The number of hydrogen-bond acceptors (Lipinski definition) is 4. The Morgan fingerprint density at radius 3 is 2.80 bits per heavy atom. The predicted octanol–water partition coefficient (Wildman–Crippen LogP) is 2.97. The number of piperidine rings is 1. The van der Waals surface area contributed by atoms with Crippen LogP contribution in [0.2, 0.25) is 0 Å². The van der Waals surface area contributed by atoms with Crippen LogP contribution in [0, 0.1) is 5.92 Å². The molecule has 0 aromatic heterocycles. The Morgan fingerprint density at radius 2 is 2.20 bits per heavy atom. The highest BCUT2D eigenvalue weighted by molar-refractivity contribution is 7.98. The maximum Gasteiger partial charge on any atom is 0.410 e. The lowest BCUT2D eigenvalue weighted by Gasteiger charge is -2.36. The second kappa shape index (κ2) is 8.13. The third-order valence-electron chi connectivity index (χ3n) is 3.59. The minimum absolute atomic E-state index is 0.168. The minimum atomic E-state index is -0.410. The van der Waals surface area contributed by atoms with Gasteiger partial charge in [0.2, 0.25) is 0 Å². The fourth-order valence-electron chi connectivity index (χ4n) is 2.47. The summed E-state index contributed by atoms with van der Waals surface area (Å²) in [4.78, 5) is 14.0. The van der Waals surface area contributed by atoms with Gasteiger partial charge in [-0.15, -0.1) is 0 Å². The highest BCUT2D eigenvalue weighted by atomic mass is 32.2. The topological polar surface area (TPSA) is 41.6 Å². The summed E-state index contributed by atoms with van der Waals surface area (Å²) in [7, 11) is 0. The molecule has 0 aromatic carbocycles. The molecule has 0 aliphatic carbocycles. The first-order chi connectivity index (χ1) is 9.33. The molecule has 5 heteroatoms. The van der Waals surface area contributed by atoms with Gasteiger partial charge in [-0.05, 0) is 52.7 Å². The van der Waals surface area contributed by atoms with Crippen molar-refractivity contribution in [3.8, 4) is 0 Å². The summed E-state index contributed by atoms with van der Waals surface area (Å²) in [5.74, 6) is 1.66. The molecule has 0 bridgehead atoms. The van der Waals surface area contributed by atoms with Crippen LogP contribution in [0.15, 0.2) is 0 Å². The zero-order valence-electron chi connectivity index (χ0n) is 13.6. The van der Waals surface area contributed by atoms with E-state index in [9.17, 15) is 4.79 Å². The van der Waals surface area contributed by atoms with E-state index in [1.54, 1.807) is 0 Å². The summed E-state index contributed by atoms with van der Waals surface area (Å²) in [5, 5.41) is 3.56. The monoisotopic (exact) mass is 302 g/mol. The summed E-state index contributed by atoms with van der Waals surface area (Å²) in [6.07, 6.45) is 4.21. The molecular formula is C15H30N2O2S. The van der Waals surface area contributed by atoms with Crippen LogP contribution in [-0.2, 0) is 4.74 Å². The summed E-state index contributed by atoms with van der Waals surface area (Å²) < 4.78 is 5.47. The highest BCUT2D eigenvalue weighted by Crippen LogP contribution is 2.21. The lowest BCUT2D eigenvalue weighted by Crippen LogP contribution is -2.48. The summed E-state index contributed by atoms with van der Waals surface area (Å²) >= 11 is 1.86. The third kappa shape index (κ3) is 6.35. The Morgan fingerprint density at radius 1 is 1.50 bits per heavy atom. The number of carbonyl (C=O) groups excluding carboxylic acids is 1. The van der Waals surface area contributed by atoms with Crippen molar-refractivity contribution < 1.29 is 9.53 Å². The van der Waals surface area contributed by atoms with Gasteiger partial charge in [-0.25, -0.2) is 4.79 Å². The number of thioether (sulfide) groups is 1. The Balaban J connectivity index is 2.43. The van der Waals surface area contributed by atoms with E-state index in [-0.39, 0.29) is 6.09 Å². The van der Waals surface area contributed by atoms with Crippen LogP contribution in [-0.4, -0.2) is 54.3 Å². The number of hydrogen-bond donors (Lipinski definition) is 1. The van der Waals surface area contributed by atoms with E-state index < -0.39 is 5.60 Å². The second-order valence-corrected chi connectivity index (χ2v) is 7.55. The smallest absolute Gasteiger partial charge is 0.410 e. The van der Waals surface area contributed by atoms with Gasteiger partial charge >= 0.3 is 6.09 Å². The van der Waals surface area contributed by atoms with Gasteiger partial charge in [0, 0.05) is 31.4 Å². The van der Waals surface area contributed by atoms with Gasteiger partial charge in [0.05, 0.1) is 0 Å². The van der Waals surface area contributed by atoms with Gasteiger partial charge in [-0.3, -0.25) is 0 Å². The van der Waals surface area contributed by atoms with Crippen LogP contribution in [0.3, 0.4) is 0 Å².